The summed E-state index contributed by atoms with van der Waals surface area (Å²) >= 11 is 0. The molecule has 0 aromatic heterocycles. The van der Waals surface area contributed by atoms with Crippen LogP contribution in [0.15, 0.2) is 23.1 Å². The smallest absolute Gasteiger partial charge is 0.207 e. The maximum atomic E-state index is 13.3. The standard InChI is InChI=1S/C9H9FN2O2S/c1-12(2)15(13,14)9-4-3-7(6-11)5-8(9)10/h3-5H,1-2H3. The first-order chi connectivity index (χ1) is 6.89. The first kappa shape index (κ1) is 11.6. The number of hydrogen-bond donors (Lipinski definition) is 0. The molecule has 1 aromatic rings. The van der Waals surface area contributed by atoms with Crippen LogP contribution >= 0.6 is 0 Å². The van der Waals surface area contributed by atoms with Gasteiger partial charge in [-0.25, -0.2) is 17.1 Å². The van der Waals surface area contributed by atoms with Gasteiger partial charge < -0.3 is 0 Å². The Bertz CT molecular complexity index is 517. The molecular formula is C9H9FN2O2S. The minimum atomic E-state index is -3.78. The second-order valence-electron chi connectivity index (χ2n) is 3.04. The van der Waals surface area contributed by atoms with Crippen LogP contribution in [0.1, 0.15) is 5.56 Å². The highest BCUT2D eigenvalue weighted by Gasteiger charge is 2.21. The zero-order valence-electron chi connectivity index (χ0n) is 8.23. The number of sulfonamides is 1. The van der Waals surface area contributed by atoms with Crippen molar-refractivity contribution in [1.29, 1.82) is 5.26 Å². The molecule has 0 aliphatic carbocycles. The zero-order valence-corrected chi connectivity index (χ0v) is 9.05. The van der Waals surface area contributed by atoms with Crippen molar-refractivity contribution in [3.05, 3.63) is 29.6 Å². The molecule has 0 saturated carbocycles. The van der Waals surface area contributed by atoms with E-state index in [1.165, 1.54) is 20.2 Å². The van der Waals surface area contributed by atoms with E-state index < -0.39 is 20.7 Å². The third-order valence-electron chi connectivity index (χ3n) is 1.82. The minimum absolute atomic E-state index is 0.0882. The van der Waals surface area contributed by atoms with Gasteiger partial charge in [-0.2, -0.15) is 5.26 Å². The molecule has 0 fully saturated rings. The average Bonchev–Trinajstić information content (AvgIpc) is 2.16. The molecule has 0 aliphatic rings. The topological polar surface area (TPSA) is 61.2 Å². The molecule has 6 heteroatoms. The van der Waals surface area contributed by atoms with Gasteiger partial charge in [-0.1, -0.05) is 0 Å². The summed E-state index contributed by atoms with van der Waals surface area (Å²) in [7, 11) is -1.16. The molecule has 0 unspecified atom stereocenters. The number of halogens is 1. The normalized spacial score (nSPS) is 11.4. The van der Waals surface area contributed by atoms with E-state index in [0.29, 0.717) is 0 Å². The van der Waals surface area contributed by atoms with E-state index in [1.807, 2.05) is 0 Å². The van der Waals surface area contributed by atoms with Gasteiger partial charge in [0.25, 0.3) is 0 Å². The van der Waals surface area contributed by atoms with Crippen LogP contribution in [0.5, 0.6) is 0 Å². The van der Waals surface area contributed by atoms with Crippen molar-refractivity contribution in [1.82, 2.24) is 4.31 Å². The third kappa shape index (κ3) is 2.14. The van der Waals surface area contributed by atoms with Crippen LogP contribution < -0.4 is 0 Å². The number of nitriles is 1. The Balaban J connectivity index is 3.37. The summed E-state index contributed by atoms with van der Waals surface area (Å²) < 4.78 is 37.4. The Hall–Kier alpha value is -1.45. The lowest BCUT2D eigenvalue weighted by molar-refractivity contribution is 0.508. The van der Waals surface area contributed by atoms with Gasteiger partial charge in [0.2, 0.25) is 10.0 Å². The number of rotatable bonds is 2. The SMILES string of the molecule is CN(C)S(=O)(=O)c1ccc(C#N)cc1F. The van der Waals surface area contributed by atoms with Crippen molar-refractivity contribution in [2.45, 2.75) is 4.90 Å². The number of benzene rings is 1. The van der Waals surface area contributed by atoms with Crippen LogP contribution in [0.2, 0.25) is 0 Å². The van der Waals surface area contributed by atoms with Crippen LogP contribution in [0, 0.1) is 17.1 Å². The van der Waals surface area contributed by atoms with E-state index >= 15 is 0 Å². The van der Waals surface area contributed by atoms with E-state index in [2.05, 4.69) is 0 Å². The van der Waals surface area contributed by atoms with Crippen LogP contribution in [-0.4, -0.2) is 26.8 Å². The maximum Gasteiger partial charge on any atom is 0.245 e. The van der Waals surface area contributed by atoms with Crippen LogP contribution in [0.3, 0.4) is 0 Å². The fourth-order valence-corrected chi connectivity index (χ4v) is 1.92. The molecule has 0 spiro atoms. The first-order valence-corrected chi connectivity index (χ1v) is 5.46. The summed E-state index contributed by atoms with van der Waals surface area (Å²) in [6.07, 6.45) is 0. The van der Waals surface area contributed by atoms with Gasteiger partial charge in [-0.3, -0.25) is 0 Å². The van der Waals surface area contributed by atoms with E-state index in [9.17, 15) is 12.8 Å². The molecule has 0 amide bonds. The third-order valence-corrected chi connectivity index (χ3v) is 3.67. The van der Waals surface area contributed by atoms with Gasteiger partial charge in [0.05, 0.1) is 11.6 Å². The van der Waals surface area contributed by atoms with E-state index in [1.54, 1.807) is 6.07 Å². The van der Waals surface area contributed by atoms with Crippen molar-refractivity contribution in [2.75, 3.05) is 14.1 Å². The Labute approximate surface area is 87.6 Å². The fourth-order valence-electron chi connectivity index (χ4n) is 0.976. The summed E-state index contributed by atoms with van der Waals surface area (Å²) in [5.74, 6) is -0.914. The fraction of sp³-hybridized carbons (Fsp3) is 0.222. The highest BCUT2D eigenvalue weighted by molar-refractivity contribution is 7.89. The summed E-state index contributed by atoms with van der Waals surface area (Å²) in [5.41, 5.74) is 0.0882. The highest BCUT2D eigenvalue weighted by Crippen LogP contribution is 2.18. The predicted octanol–water partition coefficient (Wildman–Crippen LogP) is 0.948. The van der Waals surface area contributed by atoms with Gasteiger partial charge in [-0.15, -0.1) is 0 Å². The Morgan fingerprint density at radius 3 is 2.40 bits per heavy atom. The van der Waals surface area contributed by atoms with E-state index in [-0.39, 0.29) is 5.56 Å². The predicted molar refractivity (Wildman–Crippen MR) is 52.0 cm³/mol. The van der Waals surface area contributed by atoms with Crippen molar-refractivity contribution < 1.29 is 12.8 Å². The van der Waals surface area contributed by atoms with E-state index in [4.69, 9.17) is 5.26 Å². The van der Waals surface area contributed by atoms with Gasteiger partial charge in [0.15, 0.2) is 0 Å². The Kier molecular flexibility index (Phi) is 3.07. The average molecular weight is 228 g/mol. The summed E-state index contributed by atoms with van der Waals surface area (Å²) in [6, 6.07) is 4.98. The molecular weight excluding hydrogens is 219 g/mol. The van der Waals surface area contributed by atoms with Gasteiger partial charge in [-0.05, 0) is 18.2 Å². The first-order valence-electron chi connectivity index (χ1n) is 4.02. The van der Waals surface area contributed by atoms with E-state index in [0.717, 1.165) is 16.4 Å². The van der Waals surface area contributed by atoms with Gasteiger partial charge in [0.1, 0.15) is 10.7 Å². The molecule has 1 rings (SSSR count). The Morgan fingerprint density at radius 1 is 1.40 bits per heavy atom. The maximum absolute atomic E-state index is 13.3. The molecule has 0 atom stereocenters. The lowest BCUT2D eigenvalue weighted by Gasteiger charge is -2.11. The van der Waals surface area contributed by atoms with Crippen LogP contribution in [-0.2, 0) is 10.0 Å². The zero-order chi connectivity index (χ0) is 11.6. The van der Waals surface area contributed by atoms with Gasteiger partial charge in [0, 0.05) is 14.1 Å². The van der Waals surface area contributed by atoms with Gasteiger partial charge >= 0.3 is 0 Å². The minimum Gasteiger partial charge on any atom is -0.207 e. The lowest BCUT2D eigenvalue weighted by atomic mass is 10.2. The van der Waals surface area contributed by atoms with Crippen LogP contribution in [0.4, 0.5) is 4.39 Å². The molecule has 0 radical (unpaired) electrons. The molecule has 1 aromatic carbocycles. The highest BCUT2D eigenvalue weighted by atomic mass is 32.2. The second-order valence-corrected chi connectivity index (χ2v) is 5.16. The second kappa shape index (κ2) is 3.96. The molecule has 0 heterocycles. The van der Waals surface area contributed by atoms with Crippen molar-refractivity contribution in [3.8, 4) is 6.07 Å². The van der Waals surface area contributed by atoms with Crippen molar-refractivity contribution in [2.24, 2.45) is 0 Å². The summed E-state index contributed by atoms with van der Waals surface area (Å²) in [5, 5.41) is 8.49. The monoisotopic (exact) mass is 228 g/mol. The van der Waals surface area contributed by atoms with Crippen molar-refractivity contribution in [3.63, 3.8) is 0 Å². The molecule has 0 bridgehead atoms. The molecule has 0 aliphatic heterocycles. The van der Waals surface area contributed by atoms with Crippen LogP contribution in [0.25, 0.3) is 0 Å². The molecule has 0 N–H and O–H groups in total. The number of nitrogens with zero attached hydrogens (tertiary/aromatic N) is 2. The van der Waals surface area contributed by atoms with Crippen molar-refractivity contribution >= 4 is 10.0 Å². The molecule has 4 nitrogen and oxygen atoms in total. The summed E-state index contributed by atoms with van der Waals surface area (Å²) in [6.45, 7) is 0. The largest absolute Gasteiger partial charge is 0.245 e. The number of hydrogen-bond acceptors (Lipinski definition) is 3. The lowest BCUT2D eigenvalue weighted by Crippen LogP contribution is -2.23. The molecule has 80 valence electrons. The summed E-state index contributed by atoms with van der Waals surface area (Å²) in [4.78, 5) is -0.425. The molecule has 0 saturated heterocycles. The quantitative estimate of drug-likeness (QED) is 0.757. The Morgan fingerprint density at radius 2 is 2.00 bits per heavy atom. The molecule has 15 heavy (non-hydrogen) atoms.